The highest BCUT2D eigenvalue weighted by molar-refractivity contribution is 6.08. The molecule has 0 fully saturated rings. The fraction of sp³-hybridized carbons (Fsp3) is 0.200. The van der Waals surface area contributed by atoms with Crippen LogP contribution in [-0.4, -0.2) is 29.3 Å². The van der Waals surface area contributed by atoms with Crippen LogP contribution < -0.4 is 0 Å². The first kappa shape index (κ1) is 20.8. The Hall–Kier alpha value is -3.47. The van der Waals surface area contributed by atoms with Gasteiger partial charge in [-0.15, -0.1) is 0 Å². The average Bonchev–Trinajstić information content (AvgIpc) is 2.66. The summed E-state index contributed by atoms with van der Waals surface area (Å²) in [6.07, 6.45) is 0.535. The number of benzene rings is 1. The Morgan fingerprint density at radius 3 is 2.54 bits per heavy atom. The summed E-state index contributed by atoms with van der Waals surface area (Å²) in [5.41, 5.74) is 1.03. The number of carboxylic acid groups (broad SMARTS) is 1. The number of allylic oxidation sites excluding steroid dienone is 1. The minimum absolute atomic E-state index is 0.0596. The Balaban J connectivity index is 2.22. The second-order valence-corrected chi connectivity index (χ2v) is 5.80. The van der Waals surface area contributed by atoms with E-state index in [-0.39, 0.29) is 11.1 Å². The number of pyridine rings is 1. The minimum atomic E-state index is -4.43. The van der Waals surface area contributed by atoms with Gasteiger partial charge in [0.05, 0.1) is 22.8 Å². The first-order valence-corrected chi connectivity index (χ1v) is 8.18. The van der Waals surface area contributed by atoms with Crippen LogP contribution in [0.4, 0.5) is 13.2 Å². The van der Waals surface area contributed by atoms with Crippen LogP contribution in [0.5, 0.6) is 0 Å². The van der Waals surface area contributed by atoms with Crippen LogP contribution in [0.15, 0.2) is 53.2 Å². The summed E-state index contributed by atoms with van der Waals surface area (Å²) in [5.74, 6) is -1.09. The highest BCUT2D eigenvalue weighted by Crippen LogP contribution is 2.31. The number of aryl methyl sites for hydroxylation is 1. The maximum absolute atomic E-state index is 12.7. The SMILES string of the molecule is CN=C/C(=C\CCc1cc(C#N)c(-c2ccc(C(F)(F)F)cc2)cn1)C(=O)O. The number of aliphatic carboxylic acids is 1. The van der Waals surface area contributed by atoms with E-state index in [2.05, 4.69) is 9.98 Å². The van der Waals surface area contributed by atoms with Crippen molar-refractivity contribution in [3.05, 3.63) is 65.0 Å². The average molecular weight is 387 g/mol. The number of nitrogens with zero attached hydrogens (tertiary/aromatic N) is 3. The molecule has 0 atom stereocenters. The first-order valence-electron chi connectivity index (χ1n) is 8.18. The molecule has 0 aliphatic carbocycles. The number of aliphatic imine (C=N–C) groups is 1. The molecule has 1 heterocycles. The molecule has 8 heteroatoms. The smallest absolute Gasteiger partial charge is 0.416 e. The van der Waals surface area contributed by atoms with Crippen molar-refractivity contribution < 1.29 is 23.1 Å². The maximum Gasteiger partial charge on any atom is 0.416 e. The molecule has 1 aromatic carbocycles. The Morgan fingerprint density at radius 1 is 1.32 bits per heavy atom. The molecule has 0 bridgehead atoms. The van der Waals surface area contributed by atoms with Crippen LogP contribution in [0.1, 0.15) is 23.2 Å². The summed E-state index contributed by atoms with van der Waals surface area (Å²) >= 11 is 0. The number of carboxylic acids is 1. The van der Waals surface area contributed by atoms with Crippen molar-refractivity contribution in [2.75, 3.05) is 7.05 Å². The zero-order chi connectivity index (χ0) is 20.7. The topological polar surface area (TPSA) is 86.3 Å². The van der Waals surface area contributed by atoms with Gasteiger partial charge in [0.15, 0.2) is 0 Å². The summed E-state index contributed by atoms with van der Waals surface area (Å²) in [6, 6.07) is 8.08. The molecule has 0 aliphatic rings. The molecule has 5 nitrogen and oxygen atoms in total. The predicted octanol–water partition coefficient (Wildman–Crippen LogP) is 4.28. The van der Waals surface area contributed by atoms with Gasteiger partial charge in [0.2, 0.25) is 0 Å². The third kappa shape index (κ3) is 5.27. The van der Waals surface area contributed by atoms with E-state index in [1.54, 1.807) is 6.07 Å². The molecular weight excluding hydrogens is 371 g/mol. The van der Waals surface area contributed by atoms with Gasteiger partial charge in [-0.2, -0.15) is 18.4 Å². The Bertz CT molecular complexity index is 956. The van der Waals surface area contributed by atoms with Crippen LogP contribution in [-0.2, 0) is 17.4 Å². The number of nitriles is 1. The van der Waals surface area contributed by atoms with Crippen molar-refractivity contribution in [3.63, 3.8) is 0 Å². The van der Waals surface area contributed by atoms with Crippen LogP contribution in [0.2, 0.25) is 0 Å². The maximum atomic E-state index is 12.7. The number of carbonyl (C=O) groups is 1. The summed E-state index contributed by atoms with van der Waals surface area (Å²) in [7, 11) is 1.47. The molecule has 0 amide bonds. The number of aromatic nitrogens is 1. The molecule has 144 valence electrons. The van der Waals surface area contributed by atoms with Crippen molar-refractivity contribution >= 4 is 12.2 Å². The lowest BCUT2D eigenvalue weighted by atomic mass is 10.00. The largest absolute Gasteiger partial charge is 0.478 e. The van der Waals surface area contributed by atoms with Gasteiger partial charge in [-0.1, -0.05) is 18.2 Å². The molecule has 0 spiro atoms. The van der Waals surface area contributed by atoms with E-state index in [0.717, 1.165) is 12.1 Å². The van der Waals surface area contributed by atoms with E-state index in [1.807, 2.05) is 6.07 Å². The van der Waals surface area contributed by atoms with Crippen molar-refractivity contribution in [2.45, 2.75) is 19.0 Å². The summed E-state index contributed by atoms with van der Waals surface area (Å²) in [4.78, 5) is 18.9. The Kier molecular flexibility index (Phi) is 6.66. The normalized spacial score (nSPS) is 12.2. The molecule has 28 heavy (non-hydrogen) atoms. The van der Waals surface area contributed by atoms with Crippen LogP contribution >= 0.6 is 0 Å². The summed E-state index contributed by atoms with van der Waals surface area (Å²) in [5, 5.41) is 18.4. The zero-order valence-corrected chi connectivity index (χ0v) is 14.9. The number of hydrogen-bond acceptors (Lipinski definition) is 4. The number of hydrogen-bond donors (Lipinski definition) is 1. The van der Waals surface area contributed by atoms with E-state index in [4.69, 9.17) is 5.11 Å². The second kappa shape index (κ2) is 8.95. The third-order valence-electron chi connectivity index (χ3n) is 3.88. The molecule has 2 aromatic rings. The molecule has 2 rings (SSSR count). The summed E-state index contributed by atoms with van der Waals surface area (Å²) in [6.45, 7) is 0. The van der Waals surface area contributed by atoms with Gasteiger partial charge in [-0.3, -0.25) is 9.98 Å². The van der Waals surface area contributed by atoms with Gasteiger partial charge in [0.1, 0.15) is 0 Å². The van der Waals surface area contributed by atoms with Gasteiger partial charge in [0.25, 0.3) is 0 Å². The fourth-order valence-corrected chi connectivity index (χ4v) is 2.51. The molecular formula is C20H16F3N3O2. The lowest BCUT2D eigenvalue weighted by molar-refractivity contribution is -0.137. The van der Waals surface area contributed by atoms with Crippen molar-refractivity contribution in [3.8, 4) is 17.2 Å². The van der Waals surface area contributed by atoms with Gasteiger partial charge in [-0.25, -0.2) is 4.79 Å². The van der Waals surface area contributed by atoms with Gasteiger partial charge in [-0.05, 0) is 36.6 Å². The lowest BCUT2D eigenvalue weighted by Crippen LogP contribution is -2.04. The number of halogens is 3. The van der Waals surface area contributed by atoms with Crippen LogP contribution in [0.3, 0.4) is 0 Å². The number of alkyl halides is 3. The third-order valence-corrected chi connectivity index (χ3v) is 3.88. The number of rotatable bonds is 6. The molecule has 0 saturated heterocycles. The highest BCUT2D eigenvalue weighted by Gasteiger charge is 2.30. The van der Waals surface area contributed by atoms with E-state index in [9.17, 15) is 23.2 Å². The first-order chi connectivity index (χ1) is 13.3. The van der Waals surface area contributed by atoms with Gasteiger partial charge in [0, 0.05) is 30.7 Å². The minimum Gasteiger partial charge on any atom is -0.478 e. The quantitative estimate of drug-likeness (QED) is 0.592. The van der Waals surface area contributed by atoms with Crippen LogP contribution in [0, 0.1) is 11.3 Å². The monoisotopic (exact) mass is 387 g/mol. The zero-order valence-electron chi connectivity index (χ0n) is 14.9. The fourth-order valence-electron chi connectivity index (χ4n) is 2.51. The van der Waals surface area contributed by atoms with E-state index in [0.29, 0.717) is 29.7 Å². The van der Waals surface area contributed by atoms with Gasteiger partial charge >= 0.3 is 12.1 Å². The highest BCUT2D eigenvalue weighted by atomic mass is 19.4. The van der Waals surface area contributed by atoms with Crippen molar-refractivity contribution in [2.24, 2.45) is 4.99 Å². The summed E-state index contributed by atoms with van der Waals surface area (Å²) < 4.78 is 38.0. The van der Waals surface area contributed by atoms with Crippen molar-refractivity contribution in [1.82, 2.24) is 4.98 Å². The van der Waals surface area contributed by atoms with Gasteiger partial charge < -0.3 is 5.11 Å². The molecule has 1 N–H and O–H groups in total. The Labute approximate surface area is 159 Å². The van der Waals surface area contributed by atoms with E-state index >= 15 is 0 Å². The molecule has 0 saturated carbocycles. The lowest BCUT2D eigenvalue weighted by Gasteiger charge is -2.09. The molecule has 0 aliphatic heterocycles. The molecule has 0 radical (unpaired) electrons. The standard InChI is InChI=1S/C20H16F3N3O2/c1-25-11-14(19(27)28)3-2-4-17-9-15(10-24)18(12-26-17)13-5-7-16(8-6-13)20(21,22)23/h3,5-9,11-12H,2,4H2,1H3,(H,27,28)/b14-3+,25-11?. The second-order valence-electron chi connectivity index (χ2n) is 5.80. The molecule has 0 unspecified atom stereocenters. The van der Waals surface area contributed by atoms with E-state index < -0.39 is 17.7 Å². The van der Waals surface area contributed by atoms with Crippen LogP contribution in [0.25, 0.3) is 11.1 Å². The Morgan fingerprint density at radius 2 is 2.00 bits per heavy atom. The molecule has 1 aromatic heterocycles. The van der Waals surface area contributed by atoms with E-state index in [1.165, 1.54) is 37.7 Å². The van der Waals surface area contributed by atoms with Crippen molar-refractivity contribution in [1.29, 1.82) is 5.26 Å². The predicted molar refractivity (Wildman–Crippen MR) is 97.8 cm³/mol.